The zero-order valence-corrected chi connectivity index (χ0v) is 8.20. The molecular formula is C9H11N3S. The standard InChI is InChI=1S/C9H11N3S/c1-12-5-11-7-4-6(9(10)13)2-3-8(7)12/h2-5,9,13H,10H2,1H3. The molecule has 2 N–H and O–H groups in total. The minimum atomic E-state index is -0.230. The maximum Gasteiger partial charge on any atom is 0.0955 e. The van der Waals surface area contributed by atoms with E-state index in [2.05, 4.69) is 17.6 Å². The first-order chi connectivity index (χ1) is 6.18. The Morgan fingerprint density at radius 1 is 1.54 bits per heavy atom. The molecule has 1 atom stereocenters. The number of nitrogens with two attached hydrogens (primary N) is 1. The van der Waals surface area contributed by atoms with Crippen molar-refractivity contribution < 1.29 is 0 Å². The highest BCUT2D eigenvalue weighted by molar-refractivity contribution is 7.80. The van der Waals surface area contributed by atoms with Gasteiger partial charge in [-0.15, -0.1) is 0 Å². The van der Waals surface area contributed by atoms with E-state index in [1.807, 2.05) is 29.8 Å². The molecule has 1 aromatic heterocycles. The van der Waals surface area contributed by atoms with Crippen molar-refractivity contribution in [2.45, 2.75) is 5.37 Å². The van der Waals surface area contributed by atoms with Crippen LogP contribution >= 0.6 is 12.6 Å². The van der Waals surface area contributed by atoms with Gasteiger partial charge in [-0.25, -0.2) is 4.98 Å². The van der Waals surface area contributed by atoms with E-state index in [9.17, 15) is 0 Å². The highest BCUT2D eigenvalue weighted by Gasteiger charge is 2.03. The van der Waals surface area contributed by atoms with Crippen LogP contribution in [0.4, 0.5) is 0 Å². The molecule has 0 aliphatic heterocycles. The number of rotatable bonds is 1. The highest BCUT2D eigenvalue weighted by Crippen LogP contribution is 2.19. The van der Waals surface area contributed by atoms with Crippen LogP contribution in [-0.4, -0.2) is 9.55 Å². The quantitative estimate of drug-likeness (QED) is 0.532. The number of thiol groups is 1. The van der Waals surface area contributed by atoms with Crippen LogP contribution in [-0.2, 0) is 7.05 Å². The second-order valence-electron chi connectivity index (χ2n) is 3.05. The van der Waals surface area contributed by atoms with Crippen LogP contribution in [0.5, 0.6) is 0 Å². The average molecular weight is 193 g/mol. The van der Waals surface area contributed by atoms with Crippen molar-refractivity contribution in [2.24, 2.45) is 12.8 Å². The number of benzene rings is 1. The molecule has 0 amide bonds. The van der Waals surface area contributed by atoms with E-state index >= 15 is 0 Å². The Hall–Kier alpha value is -1.00. The number of fused-ring (bicyclic) bond motifs is 1. The molecule has 0 fully saturated rings. The van der Waals surface area contributed by atoms with Gasteiger partial charge < -0.3 is 10.3 Å². The first-order valence-electron chi connectivity index (χ1n) is 4.03. The molecule has 0 spiro atoms. The van der Waals surface area contributed by atoms with Crippen LogP contribution < -0.4 is 5.73 Å². The van der Waals surface area contributed by atoms with Crippen LogP contribution in [0.3, 0.4) is 0 Å². The molecule has 13 heavy (non-hydrogen) atoms. The van der Waals surface area contributed by atoms with Gasteiger partial charge in [-0.2, -0.15) is 12.6 Å². The fourth-order valence-electron chi connectivity index (χ4n) is 1.34. The minimum absolute atomic E-state index is 0.230. The highest BCUT2D eigenvalue weighted by atomic mass is 32.1. The van der Waals surface area contributed by atoms with Crippen molar-refractivity contribution in [3.63, 3.8) is 0 Å². The van der Waals surface area contributed by atoms with E-state index in [4.69, 9.17) is 5.73 Å². The lowest BCUT2D eigenvalue weighted by molar-refractivity contribution is 0.947. The van der Waals surface area contributed by atoms with Gasteiger partial charge in [-0.1, -0.05) is 6.07 Å². The topological polar surface area (TPSA) is 43.8 Å². The average Bonchev–Trinajstić information content (AvgIpc) is 2.47. The van der Waals surface area contributed by atoms with Crippen LogP contribution in [0, 0.1) is 0 Å². The van der Waals surface area contributed by atoms with E-state index < -0.39 is 0 Å². The Bertz CT molecular complexity index is 433. The van der Waals surface area contributed by atoms with Gasteiger partial charge in [0.25, 0.3) is 0 Å². The Labute approximate surface area is 82.0 Å². The molecular weight excluding hydrogens is 182 g/mol. The van der Waals surface area contributed by atoms with E-state index in [0.29, 0.717) is 0 Å². The molecule has 1 aromatic carbocycles. The van der Waals surface area contributed by atoms with Crippen molar-refractivity contribution >= 4 is 23.7 Å². The lowest BCUT2D eigenvalue weighted by Crippen LogP contribution is -2.01. The van der Waals surface area contributed by atoms with Crippen LogP contribution in [0.15, 0.2) is 24.5 Å². The van der Waals surface area contributed by atoms with Crippen LogP contribution in [0.25, 0.3) is 11.0 Å². The molecule has 0 bridgehead atoms. The summed E-state index contributed by atoms with van der Waals surface area (Å²) in [6, 6.07) is 5.95. The van der Waals surface area contributed by atoms with Gasteiger partial charge in [0.1, 0.15) is 0 Å². The Morgan fingerprint density at radius 3 is 3.00 bits per heavy atom. The van der Waals surface area contributed by atoms with E-state index in [1.165, 1.54) is 0 Å². The second kappa shape index (κ2) is 3.05. The van der Waals surface area contributed by atoms with E-state index in [0.717, 1.165) is 16.6 Å². The summed E-state index contributed by atoms with van der Waals surface area (Å²) in [6.45, 7) is 0. The Morgan fingerprint density at radius 2 is 2.31 bits per heavy atom. The number of hydrogen-bond donors (Lipinski definition) is 2. The summed E-state index contributed by atoms with van der Waals surface area (Å²) in [6.07, 6.45) is 1.79. The first kappa shape index (κ1) is 8.59. The predicted molar refractivity (Wildman–Crippen MR) is 56.6 cm³/mol. The number of hydrogen-bond acceptors (Lipinski definition) is 3. The second-order valence-corrected chi connectivity index (χ2v) is 3.60. The summed E-state index contributed by atoms with van der Waals surface area (Å²) in [4.78, 5) is 4.23. The summed E-state index contributed by atoms with van der Waals surface area (Å²) in [5.74, 6) is 0. The summed E-state index contributed by atoms with van der Waals surface area (Å²) in [5, 5.41) is -0.230. The van der Waals surface area contributed by atoms with Crippen molar-refractivity contribution in [1.29, 1.82) is 0 Å². The van der Waals surface area contributed by atoms with E-state index in [1.54, 1.807) is 6.33 Å². The fraction of sp³-hybridized carbons (Fsp3) is 0.222. The fourth-order valence-corrected chi connectivity index (χ4v) is 1.50. The Balaban J connectivity index is 2.63. The smallest absolute Gasteiger partial charge is 0.0955 e. The summed E-state index contributed by atoms with van der Waals surface area (Å²) in [7, 11) is 1.97. The van der Waals surface area contributed by atoms with Crippen LogP contribution in [0.1, 0.15) is 10.9 Å². The maximum atomic E-state index is 5.64. The molecule has 3 nitrogen and oxygen atoms in total. The molecule has 4 heteroatoms. The number of aromatic nitrogens is 2. The number of aryl methyl sites for hydroxylation is 1. The summed E-state index contributed by atoms with van der Waals surface area (Å²) < 4.78 is 1.98. The minimum Gasteiger partial charge on any atom is -0.334 e. The SMILES string of the molecule is Cn1cnc2cc(C(N)S)ccc21. The molecule has 1 unspecified atom stereocenters. The van der Waals surface area contributed by atoms with Crippen molar-refractivity contribution in [1.82, 2.24) is 9.55 Å². The largest absolute Gasteiger partial charge is 0.334 e. The number of imidazole rings is 1. The zero-order chi connectivity index (χ0) is 9.42. The molecule has 0 saturated carbocycles. The maximum absolute atomic E-state index is 5.64. The van der Waals surface area contributed by atoms with Gasteiger partial charge in [0.2, 0.25) is 0 Å². The molecule has 68 valence electrons. The van der Waals surface area contributed by atoms with Gasteiger partial charge in [-0.05, 0) is 17.7 Å². The monoisotopic (exact) mass is 193 g/mol. The third kappa shape index (κ3) is 1.43. The molecule has 0 radical (unpaired) electrons. The van der Waals surface area contributed by atoms with Crippen LogP contribution in [0.2, 0.25) is 0 Å². The normalized spacial score (nSPS) is 13.5. The molecule has 0 aliphatic rings. The van der Waals surface area contributed by atoms with Crippen molar-refractivity contribution in [3.05, 3.63) is 30.1 Å². The molecule has 2 rings (SSSR count). The van der Waals surface area contributed by atoms with E-state index in [-0.39, 0.29) is 5.37 Å². The third-order valence-electron chi connectivity index (χ3n) is 2.09. The molecule has 2 aromatic rings. The summed E-state index contributed by atoms with van der Waals surface area (Å²) >= 11 is 4.16. The lowest BCUT2D eigenvalue weighted by Gasteiger charge is -2.03. The lowest BCUT2D eigenvalue weighted by atomic mass is 10.2. The molecule has 0 saturated heterocycles. The molecule has 1 heterocycles. The van der Waals surface area contributed by atoms with Gasteiger partial charge in [0.05, 0.1) is 22.7 Å². The van der Waals surface area contributed by atoms with Crippen molar-refractivity contribution in [2.75, 3.05) is 0 Å². The summed E-state index contributed by atoms with van der Waals surface area (Å²) in [5.41, 5.74) is 8.71. The van der Waals surface area contributed by atoms with Crippen molar-refractivity contribution in [3.8, 4) is 0 Å². The third-order valence-corrected chi connectivity index (χ3v) is 2.39. The number of nitrogens with zero attached hydrogens (tertiary/aromatic N) is 2. The Kier molecular flexibility index (Phi) is 2.01. The van der Waals surface area contributed by atoms with Gasteiger partial charge in [0, 0.05) is 7.05 Å². The van der Waals surface area contributed by atoms with Gasteiger partial charge in [-0.3, -0.25) is 0 Å². The molecule has 0 aliphatic carbocycles. The van der Waals surface area contributed by atoms with Gasteiger partial charge >= 0.3 is 0 Å². The first-order valence-corrected chi connectivity index (χ1v) is 4.55. The van der Waals surface area contributed by atoms with Gasteiger partial charge in [0.15, 0.2) is 0 Å². The predicted octanol–water partition coefficient (Wildman–Crippen LogP) is 1.46. The zero-order valence-electron chi connectivity index (χ0n) is 7.31.